The molecule has 0 N–H and O–H groups in total. The molecule has 0 aliphatic heterocycles. The number of fused-ring (bicyclic) bond motifs is 10. The van der Waals surface area contributed by atoms with Crippen molar-refractivity contribution in [1.82, 2.24) is 29.9 Å². The van der Waals surface area contributed by atoms with Crippen LogP contribution in [0.1, 0.15) is 0 Å². The van der Waals surface area contributed by atoms with Crippen LogP contribution < -0.4 is 0 Å². The average Bonchev–Trinajstić information content (AvgIpc) is 0.738. The first-order valence-electron chi connectivity index (χ1n) is 42.8. The summed E-state index contributed by atoms with van der Waals surface area (Å²) in [6.07, 6.45) is 0. The van der Waals surface area contributed by atoms with E-state index in [1.165, 1.54) is 88.0 Å². The molecule has 0 spiro atoms. The lowest BCUT2D eigenvalue weighted by atomic mass is 9.93. The Morgan fingerprint density at radius 1 is 0.119 bits per heavy atom. The summed E-state index contributed by atoms with van der Waals surface area (Å²) in [6.45, 7) is 0. The van der Waals surface area contributed by atoms with Crippen LogP contribution in [0.3, 0.4) is 0 Å². The predicted molar refractivity (Wildman–Crippen MR) is 526 cm³/mol. The molecular formula is C120H78N6. The molecule has 4 heterocycles. The van der Waals surface area contributed by atoms with Crippen molar-refractivity contribution in [2.45, 2.75) is 0 Å². The van der Waals surface area contributed by atoms with Crippen LogP contribution in [0.15, 0.2) is 473 Å². The first-order chi connectivity index (χ1) is 62.4. The Morgan fingerprint density at radius 2 is 0.333 bits per heavy atom. The summed E-state index contributed by atoms with van der Waals surface area (Å²) in [5, 5.41) is 12.0. The quantitative estimate of drug-likeness (QED) is 0.0952. The zero-order chi connectivity index (χ0) is 83.6. The van der Waals surface area contributed by atoms with E-state index in [2.05, 4.69) is 437 Å². The lowest BCUT2D eigenvalue weighted by molar-refractivity contribution is 1.18. The summed E-state index contributed by atoms with van der Waals surface area (Å²) in [5.41, 5.74) is 32.1. The van der Waals surface area contributed by atoms with Gasteiger partial charge in [-0.1, -0.05) is 437 Å². The Hall–Kier alpha value is -16.8. The van der Waals surface area contributed by atoms with Crippen LogP contribution >= 0.6 is 0 Å². The number of rotatable bonds is 15. The molecule has 0 aliphatic carbocycles. The van der Waals surface area contributed by atoms with Crippen molar-refractivity contribution in [1.29, 1.82) is 0 Å². The van der Waals surface area contributed by atoms with Gasteiger partial charge in [0.25, 0.3) is 0 Å². The van der Waals surface area contributed by atoms with Gasteiger partial charge in [0.15, 0.2) is 11.6 Å². The fourth-order valence-electron chi connectivity index (χ4n) is 17.6. The number of hydrogen-bond acceptors (Lipinski definition) is 6. The highest BCUT2D eigenvalue weighted by molar-refractivity contribution is 6.24. The molecule has 588 valence electrons. The molecule has 23 rings (SSSR count). The highest BCUT2D eigenvalue weighted by Gasteiger charge is 2.21. The van der Waals surface area contributed by atoms with Crippen molar-refractivity contribution in [3.63, 3.8) is 0 Å². The minimum Gasteiger partial charge on any atom is -0.247 e. The third-order valence-corrected chi connectivity index (χ3v) is 24.2. The summed E-state index contributed by atoms with van der Waals surface area (Å²) in [7, 11) is 0. The molecule has 0 atom stereocenters. The van der Waals surface area contributed by atoms with Crippen LogP contribution in [0.2, 0.25) is 0 Å². The van der Waals surface area contributed by atoms with Gasteiger partial charge in [-0.25, -0.2) is 29.9 Å². The lowest BCUT2D eigenvalue weighted by Crippen LogP contribution is -1.96. The van der Waals surface area contributed by atoms with Gasteiger partial charge in [-0.2, -0.15) is 0 Å². The smallest absolute Gasteiger partial charge is 0.160 e. The third-order valence-electron chi connectivity index (χ3n) is 24.2. The first-order valence-corrected chi connectivity index (χ1v) is 42.8. The second-order valence-corrected chi connectivity index (χ2v) is 32.0. The molecule has 0 saturated carbocycles. The van der Waals surface area contributed by atoms with E-state index >= 15 is 0 Å². The number of hydrogen-bond donors (Lipinski definition) is 0. The van der Waals surface area contributed by atoms with Gasteiger partial charge in [-0.3, -0.25) is 0 Å². The maximum atomic E-state index is 5.34. The van der Waals surface area contributed by atoms with Gasteiger partial charge in [-0.05, 0) is 136 Å². The minimum absolute atomic E-state index is 0.682. The number of aromatic nitrogens is 6. The Morgan fingerprint density at radius 3 is 0.627 bits per heavy atom. The molecule has 4 aromatic heterocycles. The van der Waals surface area contributed by atoms with Crippen LogP contribution in [-0.4, -0.2) is 29.9 Å². The zero-order valence-corrected chi connectivity index (χ0v) is 68.7. The molecule has 19 aromatic carbocycles. The molecule has 0 aliphatic rings. The summed E-state index contributed by atoms with van der Waals surface area (Å²) < 4.78 is 0. The van der Waals surface area contributed by atoms with Crippen molar-refractivity contribution in [2.75, 3.05) is 0 Å². The molecule has 0 saturated heterocycles. The topological polar surface area (TPSA) is 77.3 Å². The minimum atomic E-state index is 0.682. The Kier molecular flexibility index (Phi) is 19.9. The van der Waals surface area contributed by atoms with Crippen molar-refractivity contribution in [2.24, 2.45) is 0 Å². The fourth-order valence-corrected chi connectivity index (χ4v) is 17.6. The SMILES string of the molecule is c1ccc(-c2ccc(-c3cc(-c4ccc(-c5ccccc5)cc4)nc(-c4ccc(-c5ccc(-c6nc7ccc(-c8ccccc8)cc7c7c6ccc6ccccc67)cc5)cc4)n3)cc2)cc1.c1ccc(-c2ccc(-c3cc(-c4ccccc4)nc(-c4ccc(-c5ccc(-c6nc7ccc(-c8ccccc8)cc7c7c6ccc6ccccc67)cc5)cc4)n3)cc2)cc1. The largest absolute Gasteiger partial charge is 0.247 e. The second-order valence-electron chi connectivity index (χ2n) is 32.0. The van der Waals surface area contributed by atoms with Crippen LogP contribution in [0.25, 0.3) is 233 Å². The monoisotopic (exact) mass is 1600 g/mol. The normalized spacial score (nSPS) is 11.3. The maximum absolute atomic E-state index is 5.34. The average molecular weight is 1600 g/mol. The molecule has 0 fully saturated rings. The zero-order valence-electron chi connectivity index (χ0n) is 68.7. The van der Waals surface area contributed by atoms with Crippen molar-refractivity contribution < 1.29 is 0 Å². The van der Waals surface area contributed by atoms with Gasteiger partial charge < -0.3 is 0 Å². The molecule has 126 heavy (non-hydrogen) atoms. The second kappa shape index (κ2) is 33.3. The highest BCUT2D eigenvalue weighted by atomic mass is 14.9. The molecule has 0 bridgehead atoms. The van der Waals surface area contributed by atoms with Crippen LogP contribution in [0, 0.1) is 0 Å². The van der Waals surface area contributed by atoms with E-state index in [-0.39, 0.29) is 0 Å². The third kappa shape index (κ3) is 15.1. The Bertz CT molecular complexity index is 7840. The summed E-state index contributed by atoms with van der Waals surface area (Å²) >= 11 is 0. The van der Waals surface area contributed by atoms with Crippen LogP contribution in [0.5, 0.6) is 0 Å². The van der Waals surface area contributed by atoms with E-state index in [9.17, 15) is 0 Å². The standard InChI is InChI=1S/C63H41N3.C57H37N3/c1-4-12-42(13-5-1)45-20-28-50(29-21-45)59-41-60(51-30-22-46(23-31-51)43-14-6-2-7-15-43)66-63(65-59)53-34-26-48(27-35-53)47-24-32-52(33-25-47)62-56-38-36-49-18-10-11-19-55(49)61(56)57-40-54(37-39-58(57)64-62)44-16-8-3-9-17-44;1-4-12-38(13-5-1)40-20-26-45(27-21-40)54-37-53(44-17-8-3-9-18-44)59-57(60-54)47-30-24-42(25-31-47)41-22-28-46(29-23-41)56-50-34-32-43-16-10-11-19-49(43)55(50)51-36-48(33-35-52(51)58-56)39-14-6-2-7-15-39/h1-41H;1-37H. The summed E-state index contributed by atoms with van der Waals surface area (Å²) in [5.74, 6) is 1.37. The van der Waals surface area contributed by atoms with Gasteiger partial charge in [-0.15, -0.1) is 0 Å². The first kappa shape index (κ1) is 75.4. The van der Waals surface area contributed by atoms with E-state index in [4.69, 9.17) is 29.9 Å². The van der Waals surface area contributed by atoms with Crippen molar-refractivity contribution >= 4 is 64.9 Å². The number of pyridine rings is 2. The number of nitrogens with zero attached hydrogens (tertiary/aromatic N) is 6. The maximum Gasteiger partial charge on any atom is 0.160 e. The predicted octanol–water partition coefficient (Wildman–Crippen LogP) is 31.7. The number of benzene rings is 19. The molecule has 6 heteroatoms. The van der Waals surface area contributed by atoms with E-state index in [0.29, 0.717) is 11.6 Å². The van der Waals surface area contributed by atoms with E-state index in [1.807, 2.05) is 36.4 Å². The van der Waals surface area contributed by atoms with Crippen molar-refractivity contribution in [3.8, 4) is 168 Å². The Balaban J connectivity index is 0.000000150. The summed E-state index contributed by atoms with van der Waals surface area (Å²) in [4.78, 5) is 31.2. The van der Waals surface area contributed by atoms with Crippen molar-refractivity contribution in [3.05, 3.63) is 473 Å². The lowest BCUT2D eigenvalue weighted by Gasteiger charge is -2.14. The molecule has 0 radical (unpaired) electrons. The van der Waals surface area contributed by atoms with Crippen LogP contribution in [0.4, 0.5) is 0 Å². The van der Waals surface area contributed by atoms with Gasteiger partial charge in [0, 0.05) is 76.8 Å². The van der Waals surface area contributed by atoms with E-state index in [1.54, 1.807) is 0 Å². The van der Waals surface area contributed by atoms with E-state index in [0.717, 1.165) is 134 Å². The molecule has 0 amide bonds. The van der Waals surface area contributed by atoms with E-state index < -0.39 is 0 Å². The van der Waals surface area contributed by atoms with Gasteiger partial charge in [0.1, 0.15) is 0 Å². The molecule has 23 aromatic rings. The van der Waals surface area contributed by atoms with Gasteiger partial charge in [0.05, 0.1) is 45.2 Å². The molecular weight excluding hydrogens is 1530 g/mol. The fraction of sp³-hybridized carbons (Fsp3) is 0. The van der Waals surface area contributed by atoms with Gasteiger partial charge in [0.2, 0.25) is 0 Å². The molecule has 6 nitrogen and oxygen atoms in total. The summed E-state index contributed by atoms with van der Waals surface area (Å²) in [6, 6.07) is 167. The Labute approximate surface area is 731 Å². The van der Waals surface area contributed by atoms with Gasteiger partial charge >= 0.3 is 0 Å². The molecule has 0 unspecified atom stereocenters. The highest BCUT2D eigenvalue weighted by Crippen LogP contribution is 2.44. The van der Waals surface area contributed by atoms with Crippen LogP contribution in [-0.2, 0) is 0 Å².